The first-order chi connectivity index (χ1) is 12.0. The predicted molar refractivity (Wildman–Crippen MR) is 101 cm³/mol. The van der Waals surface area contributed by atoms with Gasteiger partial charge in [0, 0.05) is 29.9 Å². The maximum Gasteiger partial charge on any atom is 0.195 e. The van der Waals surface area contributed by atoms with E-state index in [0.717, 1.165) is 5.56 Å². The number of rotatable bonds is 9. The molecule has 134 valence electrons. The highest BCUT2D eigenvalue weighted by Crippen LogP contribution is 2.27. The summed E-state index contributed by atoms with van der Waals surface area (Å²) in [6.07, 6.45) is 0. The normalized spacial score (nSPS) is 13.3. The zero-order chi connectivity index (χ0) is 18.2. The van der Waals surface area contributed by atoms with E-state index in [4.69, 9.17) is 4.74 Å². The van der Waals surface area contributed by atoms with Crippen molar-refractivity contribution in [2.24, 2.45) is 11.0 Å². The van der Waals surface area contributed by atoms with Gasteiger partial charge in [-0.3, -0.25) is 0 Å². The van der Waals surface area contributed by atoms with Gasteiger partial charge < -0.3 is 15.3 Å². The van der Waals surface area contributed by atoms with E-state index in [9.17, 15) is 9.60 Å². The minimum atomic E-state index is -0.688. The van der Waals surface area contributed by atoms with Gasteiger partial charge in [0.25, 0.3) is 0 Å². The SMILES string of the molecule is C=N[NH+]([O-])c1cc(Br)c(NC[C@@H](C)COCc2ccccc2)cc1F. The molecule has 0 aliphatic heterocycles. The fourth-order valence-corrected chi connectivity index (χ4v) is 2.71. The molecular formula is C18H21BrFN3O2. The van der Waals surface area contributed by atoms with Crippen LogP contribution in [-0.4, -0.2) is 19.9 Å². The van der Waals surface area contributed by atoms with Crippen LogP contribution in [0.3, 0.4) is 0 Å². The summed E-state index contributed by atoms with van der Waals surface area (Å²) < 4.78 is 20.3. The number of hydrogen-bond donors (Lipinski definition) is 2. The van der Waals surface area contributed by atoms with Crippen molar-refractivity contribution in [1.29, 1.82) is 0 Å². The smallest absolute Gasteiger partial charge is 0.195 e. The molecule has 0 saturated carbocycles. The van der Waals surface area contributed by atoms with Gasteiger partial charge in [-0.25, -0.2) is 9.56 Å². The molecule has 7 heteroatoms. The van der Waals surface area contributed by atoms with E-state index in [1.165, 1.54) is 12.1 Å². The van der Waals surface area contributed by atoms with Gasteiger partial charge in [0.15, 0.2) is 11.5 Å². The number of quaternary nitrogens is 1. The minimum absolute atomic E-state index is 0.105. The molecule has 0 radical (unpaired) electrons. The Hall–Kier alpha value is -1.80. The molecule has 2 atom stereocenters. The molecule has 0 saturated heterocycles. The van der Waals surface area contributed by atoms with Crippen LogP contribution < -0.4 is 10.5 Å². The summed E-state index contributed by atoms with van der Waals surface area (Å²) in [7, 11) is 0. The van der Waals surface area contributed by atoms with Crippen molar-refractivity contribution in [2.75, 3.05) is 18.5 Å². The highest BCUT2D eigenvalue weighted by atomic mass is 79.9. The summed E-state index contributed by atoms with van der Waals surface area (Å²) in [6.45, 7) is 6.93. The van der Waals surface area contributed by atoms with Crippen molar-refractivity contribution in [2.45, 2.75) is 13.5 Å². The molecule has 0 aliphatic carbocycles. The van der Waals surface area contributed by atoms with Gasteiger partial charge in [-0.05, 0) is 27.4 Å². The summed E-state index contributed by atoms with van der Waals surface area (Å²) in [5, 5.41) is 17.2. The van der Waals surface area contributed by atoms with Gasteiger partial charge in [-0.1, -0.05) is 42.4 Å². The molecule has 2 rings (SSSR count). The number of benzene rings is 2. The van der Waals surface area contributed by atoms with Crippen molar-refractivity contribution >= 4 is 34.0 Å². The van der Waals surface area contributed by atoms with Crippen LogP contribution in [0.4, 0.5) is 15.8 Å². The molecule has 5 nitrogen and oxygen atoms in total. The van der Waals surface area contributed by atoms with E-state index < -0.39 is 11.0 Å². The lowest BCUT2D eigenvalue weighted by atomic mass is 10.2. The number of halogens is 2. The number of anilines is 1. The van der Waals surface area contributed by atoms with E-state index >= 15 is 0 Å². The molecule has 0 amide bonds. The van der Waals surface area contributed by atoms with E-state index in [2.05, 4.69) is 33.1 Å². The zero-order valence-corrected chi connectivity index (χ0v) is 15.6. The number of hydrogen-bond acceptors (Lipinski definition) is 4. The third kappa shape index (κ3) is 5.89. The fourth-order valence-electron chi connectivity index (χ4n) is 2.23. The highest BCUT2D eigenvalue weighted by molar-refractivity contribution is 9.10. The summed E-state index contributed by atoms with van der Waals surface area (Å²) in [5.41, 5.74) is 1.60. The van der Waals surface area contributed by atoms with E-state index in [0.29, 0.717) is 29.9 Å². The van der Waals surface area contributed by atoms with Crippen LogP contribution in [0.5, 0.6) is 0 Å². The molecule has 1 unspecified atom stereocenters. The molecule has 0 bridgehead atoms. The lowest BCUT2D eigenvalue weighted by molar-refractivity contribution is -0.784. The van der Waals surface area contributed by atoms with Crippen LogP contribution >= 0.6 is 15.9 Å². The van der Waals surface area contributed by atoms with Crippen molar-refractivity contribution in [3.63, 3.8) is 0 Å². The van der Waals surface area contributed by atoms with Crippen LogP contribution in [0.15, 0.2) is 52.0 Å². The summed E-state index contributed by atoms with van der Waals surface area (Å²) in [4.78, 5) is 0. The molecule has 2 aromatic carbocycles. The van der Waals surface area contributed by atoms with Crippen molar-refractivity contribution in [3.05, 3.63) is 63.5 Å². The van der Waals surface area contributed by atoms with Gasteiger partial charge >= 0.3 is 0 Å². The third-order valence-electron chi connectivity index (χ3n) is 3.59. The zero-order valence-electron chi connectivity index (χ0n) is 14.0. The summed E-state index contributed by atoms with van der Waals surface area (Å²) >= 11 is 3.34. The standard InChI is InChI=1S/C18H21BrFN3O2/c1-13(11-25-12-14-6-4-3-5-7-14)10-22-17-9-16(20)18(8-15(17)19)23(24)21-2/h3-9,13,22-23H,2,10-12H2,1H3/t13-/m1/s1. The number of ether oxygens (including phenoxy) is 1. The average Bonchev–Trinajstić information content (AvgIpc) is 2.62. The van der Waals surface area contributed by atoms with Crippen LogP contribution in [0, 0.1) is 16.9 Å². The average molecular weight is 410 g/mol. The first-order valence-electron chi connectivity index (χ1n) is 7.87. The Labute approximate surface area is 155 Å². The second kappa shape index (κ2) is 9.62. The molecule has 0 aliphatic rings. The Morgan fingerprint density at radius 1 is 1.36 bits per heavy atom. The third-order valence-corrected chi connectivity index (χ3v) is 4.24. The van der Waals surface area contributed by atoms with Crippen molar-refractivity contribution < 1.29 is 14.3 Å². The molecule has 2 N–H and O–H groups in total. The Morgan fingerprint density at radius 3 is 2.76 bits per heavy atom. The lowest BCUT2D eigenvalue weighted by Gasteiger charge is -2.18. The summed E-state index contributed by atoms with van der Waals surface area (Å²) in [5.74, 6) is -0.397. The Morgan fingerprint density at radius 2 is 2.08 bits per heavy atom. The molecule has 2 aromatic rings. The maximum atomic E-state index is 14.0. The first kappa shape index (κ1) is 19.5. The van der Waals surface area contributed by atoms with Gasteiger partial charge in [-0.2, -0.15) is 0 Å². The second-order valence-electron chi connectivity index (χ2n) is 5.76. The fraction of sp³-hybridized carbons (Fsp3) is 0.278. The van der Waals surface area contributed by atoms with Crippen LogP contribution in [0.1, 0.15) is 12.5 Å². The molecular weight excluding hydrogens is 389 g/mol. The monoisotopic (exact) mass is 409 g/mol. The molecule has 0 fully saturated rings. The van der Waals surface area contributed by atoms with Gasteiger partial charge in [0.05, 0.1) is 18.9 Å². The lowest BCUT2D eigenvalue weighted by Crippen LogP contribution is -2.96. The van der Waals surface area contributed by atoms with Crippen LogP contribution in [0.25, 0.3) is 0 Å². The van der Waals surface area contributed by atoms with Gasteiger partial charge in [0.2, 0.25) is 0 Å². The van der Waals surface area contributed by atoms with Crippen molar-refractivity contribution in [1.82, 2.24) is 0 Å². The number of nitrogens with zero attached hydrogens (tertiary/aromatic N) is 1. The molecule has 0 heterocycles. The quantitative estimate of drug-likeness (QED) is 0.492. The Bertz CT molecular complexity index is 700. The van der Waals surface area contributed by atoms with E-state index in [1.54, 1.807) is 0 Å². The topological polar surface area (TPSA) is 61.1 Å². The van der Waals surface area contributed by atoms with Crippen molar-refractivity contribution in [3.8, 4) is 0 Å². The Kier molecular flexibility index (Phi) is 7.52. The predicted octanol–water partition coefficient (Wildman–Crippen LogP) is 3.48. The molecule has 0 spiro atoms. The minimum Gasteiger partial charge on any atom is -0.601 e. The van der Waals surface area contributed by atoms with E-state index in [-0.39, 0.29) is 11.6 Å². The maximum absolute atomic E-state index is 14.0. The highest BCUT2D eigenvalue weighted by Gasteiger charge is 2.14. The first-order valence-corrected chi connectivity index (χ1v) is 8.66. The van der Waals surface area contributed by atoms with Crippen LogP contribution in [0.2, 0.25) is 0 Å². The molecule has 0 aromatic heterocycles. The largest absolute Gasteiger partial charge is 0.601 e. The second-order valence-corrected chi connectivity index (χ2v) is 6.62. The molecule has 25 heavy (non-hydrogen) atoms. The Balaban J connectivity index is 1.84. The van der Waals surface area contributed by atoms with E-state index in [1.807, 2.05) is 37.3 Å². The van der Waals surface area contributed by atoms with Gasteiger partial charge in [-0.15, -0.1) is 0 Å². The van der Waals surface area contributed by atoms with Gasteiger partial charge in [0.1, 0.15) is 0 Å². The summed E-state index contributed by atoms with van der Waals surface area (Å²) in [6, 6.07) is 12.6. The number of nitrogens with one attached hydrogen (secondary N) is 2. The van der Waals surface area contributed by atoms with Crippen LogP contribution in [-0.2, 0) is 11.3 Å².